The summed E-state index contributed by atoms with van der Waals surface area (Å²) < 4.78 is 30.7. The van der Waals surface area contributed by atoms with Gasteiger partial charge in [0, 0.05) is 12.1 Å². The van der Waals surface area contributed by atoms with E-state index < -0.39 is 21.5 Å². The average molecular weight is 413 g/mol. The molecule has 0 unspecified atom stereocenters. The molecule has 3 rings (SSSR count). The lowest BCUT2D eigenvalue weighted by atomic mass is 10.1. The molecular weight excluding hydrogens is 388 g/mol. The summed E-state index contributed by atoms with van der Waals surface area (Å²) >= 11 is 0. The zero-order valence-corrected chi connectivity index (χ0v) is 17.5. The zero-order valence-electron chi connectivity index (χ0n) is 16.7. The second-order valence-corrected chi connectivity index (χ2v) is 9.14. The van der Waals surface area contributed by atoms with Gasteiger partial charge in [-0.05, 0) is 43.5 Å². The molecular formula is C22H24N2O4S. The SMILES string of the molecule is Cc1ccccc1CNC(=O)CS(=O)(=O)Cc1nc(-c2ccccc2C)oc1C. The number of rotatable bonds is 7. The molecule has 1 heterocycles. The van der Waals surface area contributed by atoms with E-state index in [1.165, 1.54) is 0 Å². The summed E-state index contributed by atoms with van der Waals surface area (Å²) in [6, 6.07) is 15.2. The number of carbonyl (C=O) groups is 1. The molecule has 1 amide bonds. The Kier molecular flexibility index (Phi) is 6.17. The maximum atomic E-state index is 12.5. The van der Waals surface area contributed by atoms with Crippen molar-refractivity contribution < 1.29 is 17.6 Å². The van der Waals surface area contributed by atoms with Crippen LogP contribution in [0.4, 0.5) is 0 Å². The molecule has 0 aliphatic heterocycles. The van der Waals surface area contributed by atoms with Crippen LogP contribution in [0.5, 0.6) is 0 Å². The molecule has 3 aromatic rings. The van der Waals surface area contributed by atoms with Crippen LogP contribution in [0.2, 0.25) is 0 Å². The highest BCUT2D eigenvalue weighted by Gasteiger charge is 2.22. The molecule has 1 N–H and O–H groups in total. The van der Waals surface area contributed by atoms with Gasteiger partial charge in [-0.25, -0.2) is 13.4 Å². The number of hydrogen-bond donors (Lipinski definition) is 1. The molecule has 1 aromatic heterocycles. The Morgan fingerprint density at radius 3 is 2.34 bits per heavy atom. The molecule has 152 valence electrons. The van der Waals surface area contributed by atoms with Gasteiger partial charge in [0.2, 0.25) is 11.8 Å². The standard InChI is InChI=1S/C22H24N2O4S/c1-15-8-4-6-10-18(15)12-23-21(25)14-29(26,27)13-20-17(3)28-22(24-20)19-11-7-5-9-16(19)2/h4-11H,12-14H2,1-3H3,(H,23,25). The van der Waals surface area contributed by atoms with E-state index in [1.54, 1.807) is 6.92 Å². The normalized spacial score (nSPS) is 11.4. The van der Waals surface area contributed by atoms with Crippen molar-refractivity contribution in [2.75, 3.05) is 5.75 Å². The first-order chi connectivity index (χ1) is 13.7. The van der Waals surface area contributed by atoms with Crippen molar-refractivity contribution in [3.63, 3.8) is 0 Å². The number of nitrogens with zero attached hydrogens (tertiary/aromatic N) is 1. The number of amides is 1. The molecule has 0 aliphatic carbocycles. The largest absolute Gasteiger partial charge is 0.441 e. The van der Waals surface area contributed by atoms with Gasteiger partial charge in [0.1, 0.15) is 11.5 Å². The highest BCUT2D eigenvalue weighted by atomic mass is 32.2. The molecule has 0 saturated carbocycles. The van der Waals surface area contributed by atoms with Gasteiger partial charge in [0.25, 0.3) is 0 Å². The smallest absolute Gasteiger partial charge is 0.235 e. The lowest BCUT2D eigenvalue weighted by molar-refractivity contribution is -0.118. The third kappa shape index (κ3) is 5.32. The Bertz CT molecular complexity index is 1130. The molecule has 0 bridgehead atoms. The summed E-state index contributed by atoms with van der Waals surface area (Å²) in [5.74, 6) is -0.646. The van der Waals surface area contributed by atoms with Crippen LogP contribution in [0, 0.1) is 20.8 Å². The predicted molar refractivity (Wildman–Crippen MR) is 112 cm³/mol. The number of hydrogen-bond acceptors (Lipinski definition) is 5. The topological polar surface area (TPSA) is 89.3 Å². The van der Waals surface area contributed by atoms with Gasteiger partial charge < -0.3 is 9.73 Å². The molecule has 2 aromatic carbocycles. The summed E-state index contributed by atoms with van der Waals surface area (Å²) in [5, 5.41) is 2.67. The summed E-state index contributed by atoms with van der Waals surface area (Å²) in [6.45, 7) is 5.85. The van der Waals surface area contributed by atoms with E-state index in [4.69, 9.17) is 4.42 Å². The minimum absolute atomic E-state index is 0.293. The Morgan fingerprint density at radius 2 is 1.66 bits per heavy atom. The molecule has 7 heteroatoms. The van der Waals surface area contributed by atoms with E-state index >= 15 is 0 Å². The first-order valence-electron chi connectivity index (χ1n) is 9.29. The molecule has 0 saturated heterocycles. The van der Waals surface area contributed by atoms with Crippen molar-refractivity contribution in [1.29, 1.82) is 0 Å². The number of oxazole rings is 1. The fraction of sp³-hybridized carbons (Fsp3) is 0.273. The summed E-state index contributed by atoms with van der Waals surface area (Å²) in [5.41, 5.74) is 4.12. The van der Waals surface area contributed by atoms with Crippen LogP contribution in [-0.2, 0) is 26.9 Å². The predicted octanol–water partition coefficient (Wildman–Crippen LogP) is 3.50. The first kappa shape index (κ1) is 20.8. The lowest BCUT2D eigenvalue weighted by Gasteiger charge is -2.08. The number of nitrogens with one attached hydrogen (secondary N) is 1. The van der Waals surface area contributed by atoms with E-state index in [0.717, 1.165) is 22.3 Å². The number of carbonyl (C=O) groups excluding carboxylic acids is 1. The lowest BCUT2D eigenvalue weighted by Crippen LogP contribution is -2.30. The van der Waals surface area contributed by atoms with Crippen LogP contribution in [0.15, 0.2) is 52.9 Å². The van der Waals surface area contributed by atoms with Crippen LogP contribution < -0.4 is 5.32 Å². The van der Waals surface area contributed by atoms with Gasteiger partial charge in [0.15, 0.2) is 9.84 Å². The van der Waals surface area contributed by atoms with Gasteiger partial charge >= 0.3 is 0 Å². The van der Waals surface area contributed by atoms with Gasteiger partial charge in [-0.3, -0.25) is 4.79 Å². The minimum atomic E-state index is -3.68. The molecule has 0 radical (unpaired) electrons. The molecule has 0 spiro atoms. The van der Waals surface area contributed by atoms with E-state index in [9.17, 15) is 13.2 Å². The summed E-state index contributed by atoms with van der Waals surface area (Å²) in [4.78, 5) is 16.5. The fourth-order valence-corrected chi connectivity index (χ4v) is 4.29. The van der Waals surface area contributed by atoms with Crippen molar-refractivity contribution in [3.05, 3.63) is 76.7 Å². The quantitative estimate of drug-likeness (QED) is 0.642. The number of benzene rings is 2. The number of aryl methyl sites for hydroxylation is 3. The van der Waals surface area contributed by atoms with Crippen LogP contribution >= 0.6 is 0 Å². The number of aromatic nitrogens is 1. The maximum absolute atomic E-state index is 12.5. The second kappa shape index (κ2) is 8.61. The van der Waals surface area contributed by atoms with E-state index in [1.807, 2.05) is 62.4 Å². The summed E-state index contributed by atoms with van der Waals surface area (Å²) in [6.07, 6.45) is 0. The summed E-state index contributed by atoms with van der Waals surface area (Å²) in [7, 11) is -3.68. The molecule has 29 heavy (non-hydrogen) atoms. The fourth-order valence-electron chi connectivity index (χ4n) is 3.00. The Balaban J connectivity index is 1.66. The maximum Gasteiger partial charge on any atom is 0.235 e. The second-order valence-electron chi connectivity index (χ2n) is 7.07. The van der Waals surface area contributed by atoms with Gasteiger partial charge in [-0.1, -0.05) is 42.5 Å². The van der Waals surface area contributed by atoms with Crippen molar-refractivity contribution in [1.82, 2.24) is 10.3 Å². The minimum Gasteiger partial charge on any atom is -0.441 e. The molecule has 6 nitrogen and oxygen atoms in total. The van der Waals surface area contributed by atoms with Crippen LogP contribution in [-0.4, -0.2) is 25.1 Å². The van der Waals surface area contributed by atoms with Crippen LogP contribution in [0.25, 0.3) is 11.5 Å². The van der Waals surface area contributed by atoms with Crippen molar-refractivity contribution in [2.45, 2.75) is 33.1 Å². The Labute approximate surface area is 170 Å². The average Bonchev–Trinajstić information content (AvgIpc) is 3.00. The van der Waals surface area contributed by atoms with Gasteiger partial charge in [-0.15, -0.1) is 0 Å². The monoisotopic (exact) mass is 412 g/mol. The van der Waals surface area contributed by atoms with Gasteiger partial charge in [-0.2, -0.15) is 0 Å². The van der Waals surface area contributed by atoms with Crippen molar-refractivity contribution in [3.8, 4) is 11.5 Å². The van der Waals surface area contributed by atoms with E-state index in [0.29, 0.717) is 23.9 Å². The van der Waals surface area contributed by atoms with Gasteiger partial charge in [0.05, 0.1) is 11.4 Å². The van der Waals surface area contributed by atoms with E-state index in [2.05, 4.69) is 10.3 Å². The molecule has 0 atom stereocenters. The van der Waals surface area contributed by atoms with Crippen LogP contribution in [0.3, 0.4) is 0 Å². The third-order valence-electron chi connectivity index (χ3n) is 4.71. The highest BCUT2D eigenvalue weighted by molar-refractivity contribution is 7.91. The van der Waals surface area contributed by atoms with Crippen molar-refractivity contribution in [2.24, 2.45) is 0 Å². The Morgan fingerprint density at radius 1 is 1.00 bits per heavy atom. The number of sulfone groups is 1. The van der Waals surface area contributed by atoms with E-state index in [-0.39, 0.29) is 5.75 Å². The molecule has 0 aliphatic rings. The zero-order chi connectivity index (χ0) is 21.0. The van der Waals surface area contributed by atoms with Crippen molar-refractivity contribution >= 4 is 15.7 Å². The Hall–Kier alpha value is -2.93. The highest BCUT2D eigenvalue weighted by Crippen LogP contribution is 2.25. The van der Waals surface area contributed by atoms with Crippen LogP contribution in [0.1, 0.15) is 28.1 Å². The molecule has 0 fully saturated rings. The first-order valence-corrected chi connectivity index (χ1v) is 11.1. The third-order valence-corrected chi connectivity index (χ3v) is 6.13.